The summed E-state index contributed by atoms with van der Waals surface area (Å²) in [6.07, 6.45) is 1.53. The smallest absolute Gasteiger partial charge is 0.294 e. The van der Waals surface area contributed by atoms with E-state index in [9.17, 15) is 23.6 Å². The molecule has 0 spiro atoms. The molecule has 2 N–H and O–H groups in total. The molecule has 0 aliphatic carbocycles. The summed E-state index contributed by atoms with van der Waals surface area (Å²) >= 11 is 0. The number of hydrogen-bond donors (Lipinski definition) is 2. The van der Waals surface area contributed by atoms with Crippen molar-refractivity contribution in [1.29, 1.82) is 0 Å². The van der Waals surface area contributed by atoms with Gasteiger partial charge in [0.05, 0.1) is 16.9 Å². The summed E-state index contributed by atoms with van der Waals surface area (Å²) in [6, 6.07) is 8.24. The lowest BCUT2D eigenvalue weighted by Gasteiger charge is -2.29. The number of nitrogens with one attached hydrogen (secondary N) is 1. The lowest BCUT2D eigenvalue weighted by atomic mass is 10.0. The summed E-state index contributed by atoms with van der Waals surface area (Å²) in [7, 11) is -2.39. The number of nitrogens with zero attached hydrogens (tertiary/aromatic N) is 2. The molecule has 156 valence electrons. The molecule has 3 rings (SSSR count). The molecule has 1 fully saturated rings. The van der Waals surface area contributed by atoms with E-state index in [1.54, 1.807) is 6.07 Å². The molecule has 0 saturated carbocycles. The number of benzene rings is 2. The molecule has 2 aromatic carbocycles. The van der Waals surface area contributed by atoms with Crippen molar-refractivity contribution in [3.05, 3.63) is 46.5 Å². The van der Waals surface area contributed by atoms with Crippen molar-refractivity contribution in [2.24, 2.45) is 5.92 Å². The predicted molar refractivity (Wildman–Crippen MR) is 108 cm³/mol. The second-order valence-electron chi connectivity index (χ2n) is 7.03. The summed E-state index contributed by atoms with van der Waals surface area (Å²) in [5, 5.41) is 24.3. The Kier molecular flexibility index (Phi) is 5.94. The Bertz CT molecular complexity index is 1020. The monoisotopic (exact) mass is 421 g/mol. The highest BCUT2D eigenvalue weighted by Gasteiger charge is 2.30. The van der Waals surface area contributed by atoms with E-state index in [0.29, 0.717) is 24.7 Å². The number of methoxy groups -OCH3 is 1. The maximum atomic E-state index is 12.9. The molecule has 29 heavy (non-hydrogen) atoms. The van der Waals surface area contributed by atoms with E-state index in [1.807, 2.05) is 0 Å². The van der Waals surface area contributed by atoms with Gasteiger partial charge in [0.2, 0.25) is 10.0 Å². The van der Waals surface area contributed by atoms with Crippen molar-refractivity contribution in [2.45, 2.75) is 24.7 Å². The van der Waals surface area contributed by atoms with E-state index in [4.69, 9.17) is 4.74 Å². The van der Waals surface area contributed by atoms with Crippen LogP contribution < -0.4 is 10.1 Å². The molecular weight excluding hydrogens is 398 g/mol. The molecule has 1 aliphatic heterocycles. The third kappa shape index (κ3) is 4.43. The van der Waals surface area contributed by atoms with E-state index in [0.717, 1.165) is 18.9 Å². The van der Waals surface area contributed by atoms with Gasteiger partial charge in [-0.1, -0.05) is 6.92 Å². The van der Waals surface area contributed by atoms with Crippen molar-refractivity contribution >= 4 is 27.1 Å². The standard InChI is InChI=1S/C19H23N3O6S/c1-13-7-9-21(10-8-13)29(26,27)15-4-5-16(17(12-15)22(24)25)20-14-3-6-19(28-2)18(23)11-14/h3-6,11-13,20,23H,7-10H2,1-2H3. The minimum atomic E-state index is -3.80. The lowest BCUT2D eigenvalue weighted by Crippen LogP contribution is -2.37. The number of rotatable bonds is 6. The zero-order valence-electron chi connectivity index (χ0n) is 16.2. The highest BCUT2D eigenvalue weighted by Crippen LogP contribution is 2.35. The van der Waals surface area contributed by atoms with Crippen molar-refractivity contribution < 1.29 is 23.2 Å². The molecule has 2 aromatic rings. The van der Waals surface area contributed by atoms with Crippen molar-refractivity contribution in [2.75, 3.05) is 25.5 Å². The predicted octanol–water partition coefficient (Wildman–Crippen LogP) is 3.47. The van der Waals surface area contributed by atoms with Crippen LogP contribution in [0.4, 0.5) is 17.1 Å². The van der Waals surface area contributed by atoms with Gasteiger partial charge in [-0.15, -0.1) is 0 Å². The number of aromatic hydroxyl groups is 1. The van der Waals surface area contributed by atoms with E-state index in [1.165, 1.54) is 35.7 Å². The Hall–Kier alpha value is -2.85. The number of ether oxygens (including phenoxy) is 1. The first-order valence-corrected chi connectivity index (χ1v) is 10.6. The zero-order valence-corrected chi connectivity index (χ0v) is 17.0. The van der Waals surface area contributed by atoms with Crippen LogP contribution in [0.3, 0.4) is 0 Å². The van der Waals surface area contributed by atoms with Gasteiger partial charge in [0.25, 0.3) is 5.69 Å². The zero-order chi connectivity index (χ0) is 21.2. The summed E-state index contributed by atoms with van der Waals surface area (Å²) in [6.45, 7) is 2.89. The van der Waals surface area contributed by atoms with Crippen LogP contribution in [0, 0.1) is 16.0 Å². The number of phenols is 1. The molecule has 1 saturated heterocycles. The molecule has 0 radical (unpaired) electrons. The largest absolute Gasteiger partial charge is 0.504 e. The van der Waals surface area contributed by atoms with Gasteiger partial charge in [0.15, 0.2) is 11.5 Å². The molecule has 1 aliphatic rings. The fourth-order valence-electron chi connectivity index (χ4n) is 3.23. The van der Waals surface area contributed by atoms with Crippen molar-refractivity contribution in [3.63, 3.8) is 0 Å². The Labute approximate surface area is 169 Å². The fourth-order valence-corrected chi connectivity index (χ4v) is 4.72. The number of hydrogen-bond acceptors (Lipinski definition) is 7. The molecule has 9 nitrogen and oxygen atoms in total. The first kappa shape index (κ1) is 20.9. The third-order valence-corrected chi connectivity index (χ3v) is 6.90. The van der Waals surface area contributed by atoms with E-state index < -0.39 is 14.9 Å². The third-order valence-electron chi connectivity index (χ3n) is 5.00. The van der Waals surface area contributed by atoms with Gasteiger partial charge in [-0.2, -0.15) is 4.31 Å². The summed E-state index contributed by atoms with van der Waals surface area (Å²) in [4.78, 5) is 10.8. The van der Waals surface area contributed by atoms with Crippen LogP contribution in [0.2, 0.25) is 0 Å². The van der Waals surface area contributed by atoms with E-state index >= 15 is 0 Å². The SMILES string of the molecule is COc1ccc(Nc2ccc(S(=O)(=O)N3CCC(C)CC3)cc2[N+](=O)[O-])cc1O. The van der Waals surface area contributed by atoms with Crippen LogP contribution in [0.5, 0.6) is 11.5 Å². The number of nitro benzene ring substituents is 1. The van der Waals surface area contributed by atoms with E-state index in [-0.39, 0.29) is 27.8 Å². The average Bonchev–Trinajstić information content (AvgIpc) is 2.68. The number of nitro groups is 1. The minimum absolute atomic E-state index is 0.109. The van der Waals surface area contributed by atoms with Gasteiger partial charge in [-0.3, -0.25) is 10.1 Å². The van der Waals surface area contributed by atoms with Crippen molar-refractivity contribution in [1.82, 2.24) is 4.31 Å². The van der Waals surface area contributed by atoms with Crippen LogP contribution >= 0.6 is 0 Å². The van der Waals surface area contributed by atoms with Gasteiger partial charge in [0, 0.05) is 30.9 Å². The van der Waals surface area contributed by atoms with Crippen molar-refractivity contribution in [3.8, 4) is 11.5 Å². The summed E-state index contributed by atoms with van der Waals surface area (Å²) < 4.78 is 32.1. The normalized spacial score (nSPS) is 15.8. The van der Waals surface area contributed by atoms with Gasteiger partial charge in [-0.05, 0) is 43.0 Å². The molecule has 0 aromatic heterocycles. The molecule has 0 amide bonds. The van der Waals surface area contributed by atoms with Gasteiger partial charge in [0.1, 0.15) is 5.69 Å². The number of piperidine rings is 1. The number of sulfonamides is 1. The maximum absolute atomic E-state index is 12.9. The Morgan fingerprint density at radius 3 is 2.48 bits per heavy atom. The summed E-state index contributed by atoms with van der Waals surface area (Å²) in [5.41, 5.74) is 0.143. The van der Waals surface area contributed by atoms with Crippen LogP contribution in [0.1, 0.15) is 19.8 Å². The molecule has 0 atom stereocenters. The van der Waals surface area contributed by atoms with Gasteiger partial charge < -0.3 is 15.2 Å². The Balaban J connectivity index is 1.91. The van der Waals surface area contributed by atoms with Gasteiger partial charge in [-0.25, -0.2) is 8.42 Å². The molecule has 10 heteroatoms. The van der Waals surface area contributed by atoms with Crippen LogP contribution in [-0.2, 0) is 10.0 Å². The first-order chi connectivity index (χ1) is 13.7. The molecule has 0 bridgehead atoms. The number of anilines is 2. The molecule has 0 unspecified atom stereocenters. The summed E-state index contributed by atoms with van der Waals surface area (Å²) in [5.74, 6) is 0.601. The fraction of sp³-hybridized carbons (Fsp3) is 0.368. The first-order valence-electron chi connectivity index (χ1n) is 9.15. The van der Waals surface area contributed by atoms with Gasteiger partial charge >= 0.3 is 0 Å². The molecule has 1 heterocycles. The Morgan fingerprint density at radius 1 is 1.21 bits per heavy atom. The highest BCUT2D eigenvalue weighted by atomic mass is 32.2. The quantitative estimate of drug-likeness (QED) is 0.541. The second kappa shape index (κ2) is 8.26. The van der Waals surface area contributed by atoms with E-state index in [2.05, 4.69) is 12.2 Å². The Morgan fingerprint density at radius 2 is 1.90 bits per heavy atom. The number of phenolic OH excluding ortho intramolecular Hbond substituents is 1. The van der Waals surface area contributed by atoms with Crippen LogP contribution in [0.15, 0.2) is 41.3 Å². The maximum Gasteiger partial charge on any atom is 0.294 e. The highest BCUT2D eigenvalue weighted by molar-refractivity contribution is 7.89. The lowest BCUT2D eigenvalue weighted by molar-refractivity contribution is -0.384. The minimum Gasteiger partial charge on any atom is -0.504 e. The van der Waals surface area contributed by atoms with Crippen LogP contribution in [-0.4, -0.2) is 43.0 Å². The molecular formula is C19H23N3O6S. The second-order valence-corrected chi connectivity index (χ2v) is 8.97. The van der Waals surface area contributed by atoms with Crippen LogP contribution in [0.25, 0.3) is 0 Å². The topological polar surface area (TPSA) is 122 Å². The average molecular weight is 421 g/mol.